The van der Waals surface area contributed by atoms with Crippen molar-refractivity contribution < 1.29 is 13.6 Å². The minimum atomic E-state index is -1.01. The highest BCUT2D eigenvalue weighted by atomic mass is 32.1. The molecule has 1 N–H and O–H groups in total. The molecule has 0 saturated carbocycles. The van der Waals surface area contributed by atoms with Gasteiger partial charge in [-0.3, -0.25) is 4.79 Å². The van der Waals surface area contributed by atoms with Crippen molar-refractivity contribution in [2.75, 3.05) is 5.32 Å². The van der Waals surface area contributed by atoms with E-state index in [4.69, 9.17) is 0 Å². The first-order valence-corrected chi connectivity index (χ1v) is 7.65. The van der Waals surface area contributed by atoms with E-state index in [1.807, 2.05) is 30.3 Å². The van der Waals surface area contributed by atoms with Crippen molar-refractivity contribution in [1.29, 1.82) is 0 Å². The summed E-state index contributed by atoms with van der Waals surface area (Å²) >= 11 is 1.41. The highest BCUT2D eigenvalue weighted by Gasteiger charge is 2.17. The monoisotopic (exact) mass is 330 g/mol. The molecule has 0 aliphatic carbocycles. The van der Waals surface area contributed by atoms with Gasteiger partial charge in [0.25, 0.3) is 5.91 Å². The normalized spacial score (nSPS) is 10.6. The third-order valence-electron chi connectivity index (χ3n) is 3.21. The first-order valence-electron chi connectivity index (χ1n) is 6.84. The number of benzene rings is 2. The summed E-state index contributed by atoms with van der Waals surface area (Å²) in [5, 5.41) is 3.27. The van der Waals surface area contributed by atoms with Crippen molar-refractivity contribution in [3.05, 3.63) is 70.7 Å². The lowest BCUT2D eigenvalue weighted by molar-refractivity contribution is 0.102. The molecule has 0 fully saturated rings. The van der Waals surface area contributed by atoms with Crippen LogP contribution in [0.1, 0.15) is 15.4 Å². The third-order valence-corrected chi connectivity index (χ3v) is 4.23. The van der Waals surface area contributed by atoms with Gasteiger partial charge in [-0.05, 0) is 19.1 Å². The van der Waals surface area contributed by atoms with Gasteiger partial charge in [0.15, 0.2) is 11.6 Å². The molecule has 0 spiro atoms. The minimum Gasteiger partial charge on any atom is -0.321 e. The third kappa shape index (κ3) is 3.27. The van der Waals surface area contributed by atoms with E-state index in [0.717, 1.165) is 27.6 Å². The fourth-order valence-corrected chi connectivity index (χ4v) is 2.99. The van der Waals surface area contributed by atoms with Gasteiger partial charge < -0.3 is 5.32 Å². The van der Waals surface area contributed by atoms with Crippen molar-refractivity contribution in [2.24, 2.45) is 0 Å². The van der Waals surface area contributed by atoms with Gasteiger partial charge in [0.05, 0.1) is 0 Å². The number of carbonyl (C=O) groups excluding carboxylic acids is 1. The van der Waals surface area contributed by atoms with Crippen LogP contribution in [0, 0.1) is 18.6 Å². The Balaban J connectivity index is 1.85. The van der Waals surface area contributed by atoms with Gasteiger partial charge in [0.2, 0.25) is 0 Å². The number of nitrogens with one attached hydrogen (secondary N) is 1. The zero-order chi connectivity index (χ0) is 16.4. The molecule has 1 aromatic heterocycles. The van der Waals surface area contributed by atoms with E-state index in [1.165, 1.54) is 17.4 Å². The first kappa shape index (κ1) is 15.3. The van der Waals surface area contributed by atoms with Crippen LogP contribution in [0.4, 0.5) is 14.5 Å². The van der Waals surface area contributed by atoms with E-state index >= 15 is 0 Å². The number of rotatable bonds is 3. The first-order chi connectivity index (χ1) is 11.0. The Bertz CT molecular complexity index is 862. The van der Waals surface area contributed by atoms with Crippen LogP contribution in [0.2, 0.25) is 0 Å². The molecule has 23 heavy (non-hydrogen) atoms. The van der Waals surface area contributed by atoms with Crippen LogP contribution in [0.5, 0.6) is 0 Å². The van der Waals surface area contributed by atoms with E-state index in [2.05, 4.69) is 10.3 Å². The lowest BCUT2D eigenvalue weighted by Gasteiger charge is -2.04. The molecule has 0 saturated heterocycles. The van der Waals surface area contributed by atoms with Crippen molar-refractivity contribution in [3.8, 4) is 10.6 Å². The van der Waals surface area contributed by atoms with Gasteiger partial charge in [0, 0.05) is 22.2 Å². The second-order valence-corrected chi connectivity index (χ2v) is 6.08. The largest absolute Gasteiger partial charge is 0.321 e. The molecule has 0 bridgehead atoms. The number of carbonyl (C=O) groups is 1. The summed E-state index contributed by atoms with van der Waals surface area (Å²) in [6, 6.07) is 12.7. The van der Waals surface area contributed by atoms with Crippen LogP contribution >= 0.6 is 11.3 Å². The van der Waals surface area contributed by atoms with Crippen molar-refractivity contribution in [1.82, 2.24) is 4.98 Å². The fraction of sp³-hybridized carbons (Fsp3) is 0.0588. The molecule has 3 aromatic rings. The molecule has 6 heteroatoms. The fourth-order valence-electron chi connectivity index (χ4n) is 2.08. The number of hydrogen-bond acceptors (Lipinski definition) is 3. The maximum atomic E-state index is 13.2. The minimum absolute atomic E-state index is 0.183. The highest BCUT2D eigenvalue weighted by molar-refractivity contribution is 7.15. The lowest BCUT2D eigenvalue weighted by atomic mass is 10.2. The average molecular weight is 330 g/mol. The number of thiazole rings is 1. The smallest absolute Gasteiger partial charge is 0.275 e. The van der Waals surface area contributed by atoms with E-state index in [1.54, 1.807) is 6.92 Å². The van der Waals surface area contributed by atoms with Crippen LogP contribution in [0.3, 0.4) is 0 Å². The summed E-state index contributed by atoms with van der Waals surface area (Å²) in [5.41, 5.74) is 1.38. The summed E-state index contributed by atoms with van der Waals surface area (Å²) < 4.78 is 26.1. The Kier molecular flexibility index (Phi) is 4.16. The maximum Gasteiger partial charge on any atom is 0.275 e. The Morgan fingerprint density at radius 2 is 1.83 bits per heavy atom. The van der Waals surface area contributed by atoms with Crippen LogP contribution in [0.25, 0.3) is 10.6 Å². The Labute approximate surface area is 135 Å². The summed E-state index contributed by atoms with van der Waals surface area (Å²) in [5.74, 6) is -2.42. The van der Waals surface area contributed by atoms with Gasteiger partial charge >= 0.3 is 0 Å². The van der Waals surface area contributed by atoms with E-state index < -0.39 is 17.5 Å². The van der Waals surface area contributed by atoms with Gasteiger partial charge in [-0.15, -0.1) is 11.3 Å². The molecule has 0 unspecified atom stereocenters. The van der Waals surface area contributed by atoms with Crippen molar-refractivity contribution >= 4 is 22.9 Å². The maximum absolute atomic E-state index is 13.2. The summed E-state index contributed by atoms with van der Waals surface area (Å²) in [6.45, 7) is 1.80. The van der Waals surface area contributed by atoms with E-state index in [0.29, 0.717) is 0 Å². The quantitative estimate of drug-likeness (QED) is 0.759. The van der Waals surface area contributed by atoms with Gasteiger partial charge in [-0.25, -0.2) is 13.8 Å². The predicted octanol–water partition coefficient (Wildman–Crippen LogP) is 4.65. The molecular weight excluding hydrogens is 318 g/mol. The van der Waals surface area contributed by atoms with Crippen molar-refractivity contribution in [2.45, 2.75) is 6.92 Å². The second kappa shape index (κ2) is 6.26. The van der Waals surface area contributed by atoms with Crippen LogP contribution in [-0.2, 0) is 0 Å². The number of aromatic nitrogens is 1. The predicted molar refractivity (Wildman–Crippen MR) is 86.6 cm³/mol. The Morgan fingerprint density at radius 3 is 2.52 bits per heavy atom. The molecule has 1 amide bonds. The number of nitrogens with zero attached hydrogens (tertiary/aromatic N) is 1. The molecule has 1 heterocycles. The van der Waals surface area contributed by atoms with Crippen molar-refractivity contribution in [3.63, 3.8) is 0 Å². The number of aryl methyl sites for hydroxylation is 1. The number of halogens is 2. The van der Waals surface area contributed by atoms with Gasteiger partial charge in [-0.2, -0.15) is 0 Å². The van der Waals surface area contributed by atoms with Crippen LogP contribution in [0.15, 0.2) is 48.5 Å². The molecule has 0 aliphatic rings. The summed E-state index contributed by atoms with van der Waals surface area (Å²) in [6.07, 6.45) is 0. The summed E-state index contributed by atoms with van der Waals surface area (Å²) in [4.78, 5) is 17.4. The summed E-state index contributed by atoms with van der Waals surface area (Å²) in [7, 11) is 0. The van der Waals surface area contributed by atoms with Gasteiger partial charge in [0.1, 0.15) is 10.7 Å². The average Bonchev–Trinajstić information content (AvgIpc) is 2.94. The standard InChI is InChI=1S/C17H12F2N2OS/c1-10-15(21-17(23-10)11-5-3-2-4-6-11)16(22)20-12-7-8-13(18)14(19)9-12/h2-9H,1H3,(H,20,22). The van der Waals surface area contributed by atoms with Crippen LogP contribution < -0.4 is 5.32 Å². The second-order valence-electron chi connectivity index (χ2n) is 4.87. The number of hydrogen-bond donors (Lipinski definition) is 1. The molecular formula is C17H12F2N2OS. The van der Waals surface area contributed by atoms with Gasteiger partial charge in [-0.1, -0.05) is 30.3 Å². The Morgan fingerprint density at radius 1 is 1.09 bits per heavy atom. The highest BCUT2D eigenvalue weighted by Crippen LogP contribution is 2.28. The topological polar surface area (TPSA) is 42.0 Å². The van der Waals surface area contributed by atoms with E-state index in [-0.39, 0.29) is 11.4 Å². The van der Waals surface area contributed by atoms with Crippen LogP contribution in [-0.4, -0.2) is 10.9 Å². The molecule has 116 valence electrons. The molecule has 0 radical (unpaired) electrons. The zero-order valence-electron chi connectivity index (χ0n) is 12.1. The molecule has 3 nitrogen and oxygen atoms in total. The molecule has 3 rings (SSSR count). The Hall–Kier alpha value is -2.60. The number of amides is 1. The molecule has 0 atom stereocenters. The molecule has 0 aliphatic heterocycles. The lowest BCUT2D eigenvalue weighted by Crippen LogP contribution is -2.13. The van der Waals surface area contributed by atoms with E-state index in [9.17, 15) is 13.6 Å². The number of anilines is 1. The zero-order valence-corrected chi connectivity index (χ0v) is 13.0. The molecule has 2 aromatic carbocycles. The SMILES string of the molecule is Cc1sc(-c2ccccc2)nc1C(=O)Nc1ccc(F)c(F)c1.